The fourth-order valence-electron chi connectivity index (χ4n) is 3.55. The number of rotatable bonds is 9. The van der Waals surface area contributed by atoms with Crippen LogP contribution in [0.15, 0.2) is 58.3 Å². The quantitative estimate of drug-likeness (QED) is 0.571. The molecule has 0 aromatic heterocycles. The number of carbonyl (C=O) groups excluding carboxylic acids is 1. The molecule has 1 aliphatic rings. The standard InChI is InChI=1S/C22H29N3O6S2/c1-4-15-23-22(26)21-16-25(19-9-7-8-10-20(19)31-21)33(29,30)18-13-11-17(12-14-18)32(27,28)24(5-2)6-3/h7-14,21H,4-6,15-16H2,1-3H3,(H,23,26). The average Bonchev–Trinajstić information content (AvgIpc) is 2.82. The lowest BCUT2D eigenvalue weighted by molar-refractivity contribution is -0.127. The number of hydrogen-bond acceptors (Lipinski definition) is 6. The Morgan fingerprint density at radius 2 is 1.61 bits per heavy atom. The summed E-state index contributed by atoms with van der Waals surface area (Å²) in [6, 6.07) is 11.7. The second-order valence-electron chi connectivity index (χ2n) is 7.46. The zero-order valence-corrected chi connectivity index (χ0v) is 20.5. The molecule has 0 saturated heterocycles. The molecule has 33 heavy (non-hydrogen) atoms. The molecule has 1 amide bonds. The second-order valence-corrected chi connectivity index (χ2v) is 11.3. The van der Waals surface area contributed by atoms with Gasteiger partial charge in [-0.2, -0.15) is 4.31 Å². The first-order valence-corrected chi connectivity index (χ1v) is 13.7. The maximum absolute atomic E-state index is 13.5. The van der Waals surface area contributed by atoms with E-state index in [2.05, 4.69) is 5.32 Å². The Labute approximate surface area is 195 Å². The summed E-state index contributed by atoms with van der Waals surface area (Å²) >= 11 is 0. The van der Waals surface area contributed by atoms with Crippen LogP contribution in [-0.4, -0.2) is 59.3 Å². The van der Waals surface area contributed by atoms with Gasteiger partial charge in [-0.25, -0.2) is 16.8 Å². The molecule has 0 radical (unpaired) electrons. The van der Waals surface area contributed by atoms with E-state index in [0.717, 1.165) is 10.7 Å². The molecule has 2 aromatic carbocycles. The molecule has 0 fully saturated rings. The van der Waals surface area contributed by atoms with Crippen LogP contribution in [0.4, 0.5) is 5.69 Å². The van der Waals surface area contributed by atoms with Crippen LogP contribution in [0, 0.1) is 0 Å². The fourth-order valence-corrected chi connectivity index (χ4v) is 6.49. The number of para-hydroxylation sites is 2. The minimum atomic E-state index is -4.09. The number of ether oxygens (including phenoxy) is 1. The Morgan fingerprint density at radius 1 is 1.00 bits per heavy atom. The number of anilines is 1. The molecular weight excluding hydrogens is 466 g/mol. The van der Waals surface area contributed by atoms with Crippen molar-refractivity contribution in [1.29, 1.82) is 0 Å². The molecule has 1 aliphatic heterocycles. The number of fused-ring (bicyclic) bond motifs is 1. The van der Waals surface area contributed by atoms with Gasteiger partial charge in [0, 0.05) is 19.6 Å². The lowest BCUT2D eigenvalue weighted by Crippen LogP contribution is -2.50. The summed E-state index contributed by atoms with van der Waals surface area (Å²) in [5.41, 5.74) is 0.317. The predicted octanol–water partition coefficient (Wildman–Crippen LogP) is 2.20. The van der Waals surface area contributed by atoms with Gasteiger partial charge in [-0.3, -0.25) is 9.10 Å². The first-order valence-electron chi connectivity index (χ1n) is 10.8. The summed E-state index contributed by atoms with van der Waals surface area (Å²) in [7, 11) is -7.80. The Hall–Kier alpha value is -2.63. The molecule has 1 atom stereocenters. The molecule has 1 N–H and O–H groups in total. The van der Waals surface area contributed by atoms with Gasteiger partial charge >= 0.3 is 0 Å². The van der Waals surface area contributed by atoms with Crippen molar-refractivity contribution in [3.63, 3.8) is 0 Å². The van der Waals surface area contributed by atoms with Gasteiger partial charge in [-0.15, -0.1) is 0 Å². The molecule has 3 rings (SSSR count). The number of nitrogens with zero attached hydrogens (tertiary/aromatic N) is 2. The van der Waals surface area contributed by atoms with Crippen LogP contribution in [0.1, 0.15) is 27.2 Å². The minimum Gasteiger partial charge on any atom is -0.476 e. The van der Waals surface area contributed by atoms with E-state index in [1.807, 2.05) is 6.92 Å². The van der Waals surface area contributed by atoms with Crippen LogP contribution in [-0.2, 0) is 24.8 Å². The van der Waals surface area contributed by atoms with Crippen molar-refractivity contribution in [2.75, 3.05) is 30.5 Å². The lowest BCUT2D eigenvalue weighted by Gasteiger charge is -2.34. The number of carbonyl (C=O) groups is 1. The Bertz CT molecular complexity index is 1190. The summed E-state index contributed by atoms with van der Waals surface area (Å²) in [5.74, 6) is -0.114. The summed E-state index contributed by atoms with van der Waals surface area (Å²) in [6.07, 6.45) is -0.275. The van der Waals surface area contributed by atoms with E-state index in [9.17, 15) is 21.6 Å². The third kappa shape index (κ3) is 4.99. The first kappa shape index (κ1) is 25.0. The third-order valence-electron chi connectivity index (χ3n) is 5.33. The van der Waals surface area contributed by atoms with Gasteiger partial charge in [0.15, 0.2) is 6.10 Å². The fraction of sp³-hybridized carbons (Fsp3) is 0.409. The zero-order valence-electron chi connectivity index (χ0n) is 18.9. The lowest BCUT2D eigenvalue weighted by atomic mass is 10.2. The number of hydrogen-bond donors (Lipinski definition) is 1. The van der Waals surface area contributed by atoms with Crippen LogP contribution in [0.3, 0.4) is 0 Å². The van der Waals surface area contributed by atoms with E-state index in [-0.39, 0.29) is 22.1 Å². The monoisotopic (exact) mass is 495 g/mol. The highest BCUT2D eigenvalue weighted by Crippen LogP contribution is 2.37. The third-order valence-corrected chi connectivity index (χ3v) is 9.19. The van der Waals surface area contributed by atoms with E-state index in [4.69, 9.17) is 4.74 Å². The molecule has 11 heteroatoms. The number of sulfonamides is 2. The largest absolute Gasteiger partial charge is 0.476 e. The van der Waals surface area contributed by atoms with Gasteiger partial charge in [0.2, 0.25) is 10.0 Å². The predicted molar refractivity (Wildman–Crippen MR) is 125 cm³/mol. The van der Waals surface area contributed by atoms with Gasteiger partial charge < -0.3 is 10.1 Å². The van der Waals surface area contributed by atoms with Gasteiger partial charge in [0.25, 0.3) is 15.9 Å². The highest BCUT2D eigenvalue weighted by Gasteiger charge is 2.37. The number of nitrogens with one attached hydrogen (secondary N) is 1. The molecule has 180 valence electrons. The molecule has 9 nitrogen and oxygen atoms in total. The van der Waals surface area contributed by atoms with Crippen molar-refractivity contribution in [1.82, 2.24) is 9.62 Å². The van der Waals surface area contributed by atoms with Crippen molar-refractivity contribution < 1.29 is 26.4 Å². The Morgan fingerprint density at radius 3 is 2.21 bits per heavy atom. The topological polar surface area (TPSA) is 113 Å². The van der Waals surface area contributed by atoms with Crippen molar-refractivity contribution in [2.45, 2.75) is 43.1 Å². The van der Waals surface area contributed by atoms with E-state index in [1.165, 1.54) is 28.6 Å². The van der Waals surface area contributed by atoms with Gasteiger partial charge in [0.1, 0.15) is 5.75 Å². The second kappa shape index (κ2) is 10.1. The maximum Gasteiger partial charge on any atom is 0.264 e. The molecule has 0 bridgehead atoms. The van der Waals surface area contributed by atoms with Crippen LogP contribution in [0.2, 0.25) is 0 Å². The van der Waals surface area contributed by atoms with Crippen molar-refractivity contribution in [3.05, 3.63) is 48.5 Å². The van der Waals surface area contributed by atoms with Gasteiger partial charge in [0.05, 0.1) is 22.0 Å². The summed E-state index contributed by atoms with van der Waals surface area (Å²) < 4.78 is 60.7. The van der Waals surface area contributed by atoms with Crippen molar-refractivity contribution >= 4 is 31.6 Å². The molecule has 2 aromatic rings. The Balaban J connectivity index is 1.96. The molecule has 0 saturated carbocycles. The van der Waals surface area contributed by atoms with Crippen molar-refractivity contribution in [2.24, 2.45) is 0 Å². The summed E-state index contributed by atoms with van der Waals surface area (Å²) in [4.78, 5) is 12.5. The van der Waals surface area contributed by atoms with Crippen LogP contribution < -0.4 is 14.4 Å². The molecule has 0 aliphatic carbocycles. The summed E-state index contributed by atoms with van der Waals surface area (Å²) in [5, 5.41) is 2.73. The highest BCUT2D eigenvalue weighted by atomic mass is 32.2. The van der Waals surface area contributed by atoms with Crippen molar-refractivity contribution in [3.8, 4) is 5.75 Å². The molecule has 1 heterocycles. The van der Waals surface area contributed by atoms with Crippen LogP contribution >= 0.6 is 0 Å². The minimum absolute atomic E-state index is 0.0179. The molecular formula is C22H29N3O6S2. The van der Waals surface area contributed by atoms with E-state index in [1.54, 1.807) is 38.1 Å². The van der Waals surface area contributed by atoms with Crippen LogP contribution in [0.5, 0.6) is 5.75 Å². The zero-order chi connectivity index (χ0) is 24.2. The summed E-state index contributed by atoms with van der Waals surface area (Å²) in [6.45, 7) is 6.27. The van der Waals surface area contributed by atoms with Gasteiger partial charge in [-0.05, 0) is 42.8 Å². The SMILES string of the molecule is CCCNC(=O)C1CN(S(=O)(=O)c2ccc(S(=O)(=O)N(CC)CC)cc2)c2ccccc2O1. The first-order chi connectivity index (χ1) is 15.7. The number of amides is 1. The normalized spacial score (nSPS) is 16.2. The van der Waals surface area contributed by atoms with E-state index < -0.39 is 32.1 Å². The van der Waals surface area contributed by atoms with Gasteiger partial charge in [-0.1, -0.05) is 32.9 Å². The highest BCUT2D eigenvalue weighted by molar-refractivity contribution is 7.93. The maximum atomic E-state index is 13.5. The number of benzene rings is 2. The van der Waals surface area contributed by atoms with Crippen LogP contribution in [0.25, 0.3) is 0 Å². The molecule has 0 spiro atoms. The Kier molecular flexibility index (Phi) is 7.65. The molecule has 1 unspecified atom stereocenters. The van der Waals surface area contributed by atoms with E-state index in [0.29, 0.717) is 25.3 Å². The smallest absolute Gasteiger partial charge is 0.264 e. The van der Waals surface area contributed by atoms with E-state index >= 15 is 0 Å². The average molecular weight is 496 g/mol.